The smallest absolute Gasteiger partial charge is 0.315 e. The molecule has 1 saturated heterocycles. The quantitative estimate of drug-likeness (QED) is 0.559. The lowest BCUT2D eigenvalue weighted by Gasteiger charge is -2.41. The third-order valence-electron chi connectivity index (χ3n) is 7.11. The number of benzene rings is 2. The normalized spacial score (nSPS) is 17.7. The molecule has 2 aliphatic heterocycles. The molecule has 9 nitrogen and oxygen atoms in total. The summed E-state index contributed by atoms with van der Waals surface area (Å²) in [6, 6.07) is 16.0. The molecule has 1 atom stereocenters. The van der Waals surface area contributed by atoms with Crippen molar-refractivity contribution in [2.75, 3.05) is 36.8 Å². The maximum atomic E-state index is 13.6. The fraction of sp³-hybridized carbons (Fsp3) is 0.500. The first-order valence-corrected chi connectivity index (χ1v) is 14.8. The van der Waals surface area contributed by atoms with Gasteiger partial charge in [-0.25, -0.2) is 13.2 Å². The molecule has 10 heteroatoms. The van der Waals surface area contributed by atoms with E-state index in [1.165, 1.54) is 10.6 Å². The number of nitrogens with one attached hydrogen (secondary N) is 2. The molecule has 1 spiro atoms. The van der Waals surface area contributed by atoms with Gasteiger partial charge in [0.25, 0.3) is 0 Å². The van der Waals surface area contributed by atoms with Gasteiger partial charge >= 0.3 is 6.03 Å². The van der Waals surface area contributed by atoms with Crippen LogP contribution in [-0.2, 0) is 31.6 Å². The number of likely N-dealkylation sites (tertiary alicyclic amines) is 1. The van der Waals surface area contributed by atoms with E-state index in [9.17, 15) is 18.0 Å². The van der Waals surface area contributed by atoms with Gasteiger partial charge in [0.15, 0.2) is 0 Å². The number of carbonyl (C=O) groups excluding carboxylic acids is 2. The van der Waals surface area contributed by atoms with Gasteiger partial charge < -0.3 is 20.3 Å². The van der Waals surface area contributed by atoms with Crippen LogP contribution in [0.25, 0.3) is 0 Å². The minimum Gasteiger partial charge on any atom is -0.374 e. The Morgan fingerprint density at radius 2 is 1.66 bits per heavy atom. The van der Waals surface area contributed by atoms with Gasteiger partial charge in [-0.2, -0.15) is 0 Å². The molecule has 0 radical (unpaired) electrons. The summed E-state index contributed by atoms with van der Waals surface area (Å²) < 4.78 is 32.3. The Balaban J connectivity index is 1.45. The van der Waals surface area contributed by atoms with Crippen molar-refractivity contribution in [2.45, 2.75) is 57.2 Å². The number of urea groups is 1. The van der Waals surface area contributed by atoms with Gasteiger partial charge in [-0.05, 0) is 50.8 Å². The maximum absolute atomic E-state index is 13.6. The van der Waals surface area contributed by atoms with Crippen molar-refractivity contribution in [1.82, 2.24) is 15.5 Å². The second-order valence-corrected chi connectivity index (χ2v) is 13.2. The minimum atomic E-state index is -3.41. The van der Waals surface area contributed by atoms with Crippen molar-refractivity contribution in [3.63, 3.8) is 0 Å². The second kappa shape index (κ2) is 10.9. The number of amides is 3. The van der Waals surface area contributed by atoms with Gasteiger partial charge in [0.1, 0.15) is 6.04 Å². The van der Waals surface area contributed by atoms with E-state index in [-0.39, 0.29) is 17.9 Å². The Morgan fingerprint density at radius 1 is 1.03 bits per heavy atom. The Kier molecular flexibility index (Phi) is 8.04. The summed E-state index contributed by atoms with van der Waals surface area (Å²) in [7, 11) is -3.41. The van der Waals surface area contributed by atoms with Crippen molar-refractivity contribution < 1.29 is 22.7 Å². The fourth-order valence-electron chi connectivity index (χ4n) is 5.26. The summed E-state index contributed by atoms with van der Waals surface area (Å²) in [6.07, 6.45) is 2.50. The van der Waals surface area contributed by atoms with Crippen LogP contribution in [-0.4, -0.2) is 69.3 Å². The summed E-state index contributed by atoms with van der Waals surface area (Å²) >= 11 is 0. The number of anilines is 1. The Morgan fingerprint density at radius 3 is 2.29 bits per heavy atom. The van der Waals surface area contributed by atoms with E-state index < -0.39 is 27.6 Å². The standard InChI is InChI=1S/C28H38N4O5S/c1-27(2,3)30-26(34)29-23(19-37-18-21-10-6-5-7-11-21)25(33)31-16-14-28(15-17-31)20-32(38(4,35)36)24-13-9-8-12-22(24)28/h5-13,23H,14-20H2,1-4H3,(H2,29,30,34)/t23-/m1/s1. The molecule has 2 heterocycles. The van der Waals surface area contributed by atoms with E-state index in [0.29, 0.717) is 39.1 Å². The van der Waals surface area contributed by atoms with Crippen LogP contribution in [0.15, 0.2) is 54.6 Å². The number of para-hydroxylation sites is 1. The molecule has 206 valence electrons. The molecular formula is C28H38N4O5S. The van der Waals surface area contributed by atoms with E-state index in [1.807, 2.05) is 75.4 Å². The van der Waals surface area contributed by atoms with Crippen LogP contribution in [0.5, 0.6) is 0 Å². The zero-order valence-electron chi connectivity index (χ0n) is 22.6. The number of fused-ring (bicyclic) bond motifs is 2. The zero-order valence-corrected chi connectivity index (χ0v) is 23.4. The number of nitrogens with zero attached hydrogens (tertiary/aromatic N) is 2. The van der Waals surface area contributed by atoms with Gasteiger partial charge in [0, 0.05) is 30.6 Å². The van der Waals surface area contributed by atoms with E-state index in [4.69, 9.17) is 4.74 Å². The molecule has 0 aromatic heterocycles. The lowest BCUT2D eigenvalue weighted by Crippen LogP contribution is -2.58. The number of carbonyl (C=O) groups is 2. The van der Waals surface area contributed by atoms with Crippen LogP contribution in [0.3, 0.4) is 0 Å². The van der Waals surface area contributed by atoms with Gasteiger partial charge in [0.2, 0.25) is 15.9 Å². The van der Waals surface area contributed by atoms with Crippen LogP contribution in [0.2, 0.25) is 0 Å². The number of hydrogen-bond acceptors (Lipinski definition) is 5. The molecule has 38 heavy (non-hydrogen) atoms. The van der Waals surface area contributed by atoms with Crippen molar-refractivity contribution in [3.05, 3.63) is 65.7 Å². The average Bonchev–Trinajstić information content (AvgIpc) is 3.18. The van der Waals surface area contributed by atoms with Crippen LogP contribution >= 0.6 is 0 Å². The van der Waals surface area contributed by atoms with Crippen molar-refractivity contribution in [1.29, 1.82) is 0 Å². The number of rotatable bonds is 7. The first-order valence-electron chi connectivity index (χ1n) is 12.9. The molecule has 1 fully saturated rings. The van der Waals surface area contributed by atoms with Gasteiger partial charge in [-0.1, -0.05) is 48.5 Å². The third-order valence-corrected chi connectivity index (χ3v) is 8.24. The van der Waals surface area contributed by atoms with E-state index in [2.05, 4.69) is 10.6 Å². The summed E-state index contributed by atoms with van der Waals surface area (Å²) in [5.41, 5.74) is 1.92. The van der Waals surface area contributed by atoms with Crippen LogP contribution in [0, 0.1) is 0 Å². The lowest BCUT2D eigenvalue weighted by atomic mass is 9.74. The molecule has 0 bridgehead atoms. The fourth-order valence-corrected chi connectivity index (χ4v) is 6.26. The Hall–Kier alpha value is -3.11. The highest BCUT2D eigenvalue weighted by Crippen LogP contribution is 2.47. The summed E-state index contributed by atoms with van der Waals surface area (Å²) in [6.45, 7) is 7.29. The van der Waals surface area contributed by atoms with Crippen molar-refractivity contribution in [3.8, 4) is 0 Å². The van der Waals surface area contributed by atoms with Crippen LogP contribution in [0.4, 0.5) is 10.5 Å². The van der Waals surface area contributed by atoms with Crippen LogP contribution in [0.1, 0.15) is 44.7 Å². The largest absolute Gasteiger partial charge is 0.374 e. The molecule has 3 amide bonds. The predicted octanol–water partition coefficient (Wildman–Crippen LogP) is 3.01. The highest BCUT2D eigenvalue weighted by Gasteiger charge is 2.47. The Bertz CT molecular complexity index is 1250. The van der Waals surface area contributed by atoms with Gasteiger partial charge in [-0.3, -0.25) is 9.10 Å². The summed E-state index contributed by atoms with van der Waals surface area (Å²) in [5.74, 6) is -0.205. The monoisotopic (exact) mass is 542 g/mol. The average molecular weight is 543 g/mol. The molecule has 0 aliphatic carbocycles. The third kappa shape index (κ3) is 6.47. The van der Waals surface area contributed by atoms with E-state index >= 15 is 0 Å². The summed E-state index contributed by atoms with van der Waals surface area (Å²) in [5, 5.41) is 5.65. The summed E-state index contributed by atoms with van der Waals surface area (Å²) in [4.78, 5) is 28.0. The molecule has 4 rings (SSSR count). The first-order chi connectivity index (χ1) is 17.9. The Labute approximate surface area is 225 Å². The minimum absolute atomic E-state index is 0.0393. The predicted molar refractivity (Wildman–Crippen MR) is 147 cm³/mol. The lowest BCUT2D eigenvalue weighted by molar-refractivity contribution is -0.136. The zero-order chi connectivity index (χ0) is 27.6. The molecule has 2 N–H and O–H groups in total. The molecule has 2 aromatic carbocycles. The first kappa shape index (κ1) is 27.9. The number of piperidine rings is 1. The van der Waals surface area contributed by atoms with Crippen LogP contribution < -0.4 is 14.9 Å². The maximum Gasteiger partial charge on any atom is 0.315 e. The molecule has 2 aliphatic rings. The van der Waals surface area contributed by atoms with Gasteiger partial charge in [0.05, 0.1) is 25.2 Å². The number of sulfonamides is 1. The highest BCUT2D eigenvalue weighted by molar-refractivity contribution is 7.92. The molecule has 0 saturated carbocycles. The highest BCUT2D eigenvalue weighted by atomic mass is 32.2. The van der Waals surface area contributed by atoms with E-state index in [0.717, 1.165) is 16.8 Å². The topological polar surface area (TPSA) is 108 Å². The van der Waals surface area contributed by atoms with E-state index in [1.54, 1.807) is 4.90 Å². The SMILES string of the molecule is CC(C)(C)NC(=O)N[C@H](COCc1ccccc1)C(=O)N1CCC2(CC1)CN(S(C)(=O)=O)c1ccccc12. The van der Waals surface area contributed by atoms with Crippen molar-refractivity contribution in [2.24, 2.45) is 0 Å². The van der Waals surface area contributed by atoms with Gasteiger partial charge in [-0.15, -0.1) is 0 Å². The second-order valence-electron chi connectivity index (χ2n) is 11.3. The molecular weight excluding hydrogens is 504 g/mol. The van der Waals surface area contributed by atoms with Crippen molar-refractivity contribution >= 4 is 27.6 Å². The molecule has 0 unspecified atom stereocenters. The number of hydrogen-bond donors (Lipinski definition) is 2. The number of ether oxygens (including phenoxy) is 1. The molecule has 2 aromatic rings.